The molecule has 2 aromatic heterocycles. The van der Waals surface area contributed by atoms with Gasteiger partial charge in [-0.05, 0) is 25.0 Å². The van der Waals surface area contributed by atoms with Crippen LogP contribution in [0.4, 0.5) is 5.69 Å². The largest absolute Gasteiger partial charge is 0.306 e. The molecule has 2 atom stereocenters. The summed E-state index contributed by atoms with van der Waals surface area (Å²) in [5, 5.41) is 4.25. The van der Waals surface area contributed by atoms with Crippen molar-refractivity contribution in [2.75, 3.05) is 11.4 Å². The maximum Gasteiger partial charge on any atom is 0.227 e. The normalized spacial score (nSPS) is 24.9. The molecule has 2 aliphatic heterocycles. The fourth-order valence-corrected chi connectivity index (χ4v) is 3.97. The van der Waals surface area contributed by atoms with Gasteiger partial charge < -0.3 is 4.90 Å². The first-order valence-electron chi connectivity index (χ1n) is 8.16. The van der Waals surface area contributed by atoms with Crippen LogP contribution in [-0.2, 0) is 18.4 Å². The molecule has 0 radical (unpaired) electrons. The van der Waals surface area contributed by atoms with Gasteiger partial charge in [0.15, 0.2) is 0 Å². The van der Waals surface area contributed by atoms with Crippen molar-refractivity contribution in [3.63, 3.8) is 0 Å². The maximum absolute atomic E-state index is 12.5. The van der Waals surface area contributed by atoms with E-state index in [1.165, 1.54) is 5.56 Å². The number of aromatic nitrogens is 3. The van der Waals surface area contributed by atoms with Gasteiger partial charge in [-0.2, -0.15) is 5.10 Å². The lowest BCUT2D eigenvalue weighted by atomic mass is 9.95. The highest BCUT2D eigenvalue weighted by Gasteiger charge is 2.43. The standard InChI is InChI=1S/C17H21N5O/c1-20-11-13(9-19-20)12-21-8-6-16-15(21)4-5-17(23)22(16)14-3-2-7-18-10-14/h2-3,7,9-11,15-16H,4-6,8,12H2,1H3/t15-,16-/m0/s1. The Balaban J connectivity index is 1.55. The first-order valence-corrected chi connectivity index (χ1v) is 8.16. The summed E-state index contributed by atoms with van der Waals surface area (Å²) in [6, 6.07) is 4.57. The molecular weight excluding hydrogens is 290 g/mol. The molecule has 2 fully saturated rings. The summed E-state index contributed by atoms with van der Waals surface area (Å²) in [5.41, 5.74) is 2.16. The molecule has 2 saturated heterocycles. The first kappa shape index (κ1) is 14.4. The number of carbonyl (C=O) groups excluding carboxylic acids is 1. The Kier molecular flexibility index (Phi) is 3.61. The number of aryl methyl sites for hydroxylation is 1. The van der Waals surface area contributed by atoms with E-state index in [0.29, 0.717) is 12.5 Å². The van der Waals surface area contributed by atoms with Crippen molar-refractivity contribution < 1.29 is 4.79 Å². The highest BCUT2D eigenvalue weighted by molar-refractivity contribution is 5.95. The molecule has 0 N–H and O–H groups in total. The van der Waals surface area contributed by atoms with Crippen LogP contribution in [0.5, 0.6) is 0 Å². The van der Waals surface area contributed by atoms with Crippen molar-refractivity contribution in [1.29, 1.82) is 0 Å². The zero-order valence-electron chi connectivity index (χ0n) is 13.3. The second kappa shape index (κ2) is 5.77. The minimum absolute atomic E-state index is 0.225. The predicted molar refractivity (Wildman–Crippen MR) is 86.8 cm³/mol. The van der Waals surface area contributed by atoms with Crippen molar-refractivity contribution >= 4 is 11.6 Å². The highest BCUT2D eigenvalue weighted by atomic mass is 16.2. The zero-order valence-corrected chi connectivity index (χ0v) is 13.3. The fraction of sp³-hybridized carbons (Fsp3) is 0.471. The van der Waals surface area contributed by atoms with Crippen molar-refractivity contribution in [3.05, 3.63) is 42.5 Å². The summed E-state index contributed by atoms with van der Waals surface area (Å²) in [6.07, 6.45) is 10.1. The van der Waals surface area contributed by atoms with E-state index in [-0.39, 0.29) is 11.9 Å². The average molecular weight is 311 g/mol. The summed E-state index contributed by atoms with van der Waals surface area (Å²) >= 11 is 0. The van der Waals surface area contributed by atoms with Crippen molar-refractivity contribution in [3.8, 4) is 0 Å². The quantitative estimate of drug-likeness (QED) is 0.864. The SMILES string of the molecule is Cn1cc(CN2CC[C@H]3[C@@H]2CCC(=O)N3c2cccnc2)cn1. The molecule has 0 saturated carbocycles. The molecule has 6 heteroatoms. The lowest BCUT2D eigenvalue weighted by Gasteiger charge is -2.39. The van der Waals surface area contributed by atoms with Gasteiger partial charge in [0, 0.05) is 50.6 Å². The number of carbonyl (C=O) groups is 1. The van der Waals surface area contributed by atoms with Crippen LogP contribution < -0.4 is 4.90 Å². The number of nitrogens with zero attached hydrogens (tertiary/aromatic N) is 5. The van der Waals surface area contributed by atoms with Gasteiger partial charge in [-0.25, -0.2) is 0 Å². The maximum atomic E-state index is 12.5. The Hall–Kier alpha value is -2.21. The molecule has 23 heavy (non-hydrogen) atoms. The van der Waals surface area contributed by atoms with Crippen LogP contribution >= 0.6 is 0 Å². The summed E-state index contributed by atoms with van der Waals surface area (Å²) in [7, 11) is 1.94. The summed E-state index contributed by atoms with van der Waals surface area (Å²) in [6.45, 7) is 1.93. The predicted octanol–water partition coefficient (Wildman–Crippen LogP) is 1.58. The molecule has 1 amide bonds. The number of piperidine rings is 1. The number of pyridine rings is 1. The van der Waals surface area contributed by atoms with Gasteiger partial charge in [-0.3, -0.25) is 19.4 Å². The van der Waals surface area contributed by atoms with Crippen molar-refractivity contribution in [2.45, 2.75) is 37.9 Å². The van der Waals surface area contributed by atoms with E-state index in [2.05, 4.69) is 21.2 Å². The van der Waals surface area contributed by atoms with Crippen molar-refractivity contribution in [1.82, 2.24) is 19.7 Å². The Morgan fingerprint density at radius 3 is 2.91 bits per heavy atom. The van der Waals surface area contributed by atoms with E-state index in [0.717, 1.165) is 31.6 Å². The van der Waals surface area contributed by atoms with Crippen LogP contribution in [0.1, 0.15) is 24.8 Å². The molecule has 0 aromatic carbocycles. The second-order valence-corrected chi connectivity index (χ2v) is 6.43. The van der Waals surface area contributed by atoms with Gasteiger partial charge in [0.05, 0.1) is 24.1 Å². The van der Waals surface area contributed by atoms with Crippen LogP contribution in [0.2, 0.25) is 0 Å². The molecule has 4 heterocycles. The highest BCUT2D eigenvalue weighted by Crippen LogP contribution is 2.35. The third kappa shape index (κ3) is 2.63. The number of likely N-dealkylation sites (tertiary alicyclic amines) is 1. The number of fused-ring (bicyclic) bond motifs is 1. The molecule has 4 rings (SSSR count). The van der Waals surface area contributed by atoms with E-state index < -0.39 is 0 Å². The lowest BCUT2D eigenvalue weighted by molar-refractivity contribution is -0.120. The van der Waals surface area contributed by atoms with E-state index in [1.54, 1.807) is 12.4 Å². The lowest BCUT2D eigenvalue weighted by Crippen LogP contribution is -2.52. The summed E-state index contributed by atoms with van der Waals surface area (Å²) in [4.78, 5) is 21.1. The molecular formula is C17H21N5O. The van der Waals surface area contributed by atoms with Gasteiger partial charge in [-0.1, -0.05) is 0 Å². The molecule has 0 spiro atoms. The molecule has 120 valence electrons. The van der Waals surface area contributed by atoms with E-state index in [1.807, 2.05) is 35.0 Å². The number of rotatable bonds is 3. The topological polar surface area (TPSA) is 54.3 Å². The molecule has 2 aromatic rings. The Labute approximate surface area is 135 Å². The molecule has 2 aliphatic rings. The van der Waals surface area contributed by atoms with Gasteiger partial charge in [-0.15, -0.1) is 0 Å². The van der Waals surface area contributed by atoms with Gasteiger partial charge >= 0.3 is 0 Å². The Bertz CT molecular complexity index is 698. The number of anilines is 1. The minimum atomic E-state index is 0.225. The number of amides is 1. The third-order valence-corrected chi connectivity index (χ3v) is 4.95. The average Bonchev–Trinajstić information content (AvgIpc) is 3.15. The van der Waals surface area contributed by atoms with Crippen LogP contribution in [0.3, 0.4) is 0 Å². The van der Waals surface area contributed by atoms with Gasteiger partial charge in [0.25, 0.3) is 0 Å². The first-order chi connectivity index (χ1) is 11.2. The molecule has 0 aliphatic carbocycles. The molecule has 6 nitrogen and oxygen atoms in total. The van der Waals surface area contributed by atoms with Crippen LogP contribution in [0.15, 0.2) is 36.9 Å². The van der Waals surface area contributed by atoms with E-state index >= 15 is 0 Å². The van der Waals surface area contributed by atoms with Gasteiger partial charge in [0.2, 0.25) is 5.91 Å². The number of hydrogen-bond donors (Lipinski definition) is 0. The van der Waals surface area contributed by atoms with E-state index in [4.69, 9.17) is 0 Å². The summed E-state index contributed by atoms with van der Waals surface area (Å²) in [5.74, 6) is 0.225. The fourth-order valence-electron chi connectivity index (χ4n) is 3.97. The van der Waals surface area contributed by atoms with Gasteiger partial charge in [0.1, 0.15) is 0 Å². The van der Waals surface area contributed by atoms with Crippen LogP contribution in [0, 0.1) is 0 Å². The summed E-state index contributed by atoms with van der Waals surface area (Å²) < 4.78 is 1.84. The van der Waals surface area contributed by atoms with Crippen molar-refractivity contribution in [2.24, 2.45) is 7.05 Å². The zero-order chi connectivity index (χ0) is 15.8. The van der Waals surface area contributed by atoms with Crippen LogP contribution in [-0.4, -0.2) is 44.2 Å². The third-order valence-electron chi connectivity index (χ3n) is 4.95. The minimum Gasteiger partial charge on any atom is -0.306 e. The smallest absolute Gasteiger partial charge is 0.227 e. The number of hydrogen-bond acceptors (Lipinski definition) is 4. The molecule has 0 unspecified atom stereocenters. The van der Waals surface area contributed by atoms with Crippen LogP contribution in [0.25, 0.3) is 0 Å². The second-order valence-electron chi connectivity index (χ2n) is 6.43. The Morgan fingerprint density at radius 1 is 1.26 bits per heavy atom. The molecule has 0 bridgehead atoms. The Morgan fingerprint density at radius 2 is 2.17 bits per heavy atom. The monoisotopic (exact) mass is 311 g/mol. The van der Waals surface area contributed by atoms with E-state index in [9.17, 15) is 4.79 Å².